The number of rotatable bonds is 3. The molecule has 0 bridgehead atoms. The molecule has 78 valence electrons. The summed E-state index contributed by atoms with van der Waals surface area (Å²) >= 11 is 0. The molecule has 15 heavy (non-hydrogen) atoms. The Balaban J connectivity index is 2.35. The predicted molar refractivity (Wildman–Crippen MR) is 62.9 cm³/mol. The average Bonchev–Trinajstić information content (AvgIpc) is 2.78. The molecule has 1 aromatic heterocycles. The highest BCUT2D eigenvalue weighted by Crippen LogP contribution is 2.19. The monoisotopic (exact) mass is 201 g/mol. The summed E-state index contributed by atoms with van der Waals surface area (Å²) in [6.07, 6.45) is 2.88. The van der Waals surface area contributed by atoms with Gasteiger partial charge in [-0.05, 0) is 18.6 Å². The number of H-pyrrole nitrogens is 1. The number of aryl methyl sites for hydroxylation is 1. The van der Waals surface area contributed by atoms with Gasteiger partial charge in [-0.15, -0.1) is 0 Å². The van der Waals surface area contributed by atoms with E-state index in [4.69, 9.17) is 0 Å². The fourth-order valence-electron chi connectivity index (χ4n) is 1.51. The normalized spacial score (nSPS) is 10.3. The van der Waals surface area contributed by atoms with Crippen LogP contribution in [0.3, 0.4) is 0 Å². The van der Waals surface area contributed by atoms with Gasteiger partial charge < -0.3 is 10.3 Å². The zero-order chi connectivity index (χ0) is 10.7. The number of nitrogens with zero attached hydrogens (tertiary/aromatic N) is 1. The summed E-state index contributed by atoms with van der Waals surface area (Å²) in [7, 11) is 1.92. The lowest BCUT2D eigenvalue weighted by Crippen LogP contribution is -1.88. The summed E-state index contributed by atoms with van der Waals surface area (Å²) in [5.41, 5.74) is 3.38. The molecule has 0 radical (unpaired) electrons. The van der Waals surface area contributed by atoms with Gasteiger partial charge in [-0.25, -0.2) is 4.98 Å². The third-order valence-corrected chi connectivity index (χ3v) is 2.43. The minimum atomic E-state index is 0.934. The van der Waals surface area contributed by atoms with Crippen molar-refractivity contribution >= 4 is 5.69 Å². The second-order valence-corrected chi connectivity index (χ2v) is 3.44. The molecular formula is C12H15N3. The molecule has 0 aliphatic rings. The van der Waals surface area contributed by atoms with E-state index in [1.54, 1.807) is 0 Å². The maximum Gasteiger partial charge on any atom is 0.137 e. The Morgan fingerprint density at radius 3 is 2.93 bits per heavy atom. The van der Waals surface area contributed by atoms with Gasteiger partial charge in [0.25, 0.3) is 0 Å². The van der Waals surface area contributed by atoms with Crippen molar-refractivity contribution in [2.24, 2.45) is 0 Å². The van der Waals surface area contributed by atoms with E-state index in [9.17, 15) is 0 Å². The van der Waals surface area contributed by atoms with E-state index < -0.39 is 0 Å². The first-order chi connectivity index (χ1) is 7.33. The molecule has 1 aromatic carbocycles. The smallest absolute Gasteiger partial charge is 0.137 e. The second-order valence-electron chi connectivity index (χ2n) is 3.44. The molecule has 3 heteroatoms. The first kappa shape index (κ1) is 9.77. The van der Waals surface area contributed by atoms with Gasteiger partial charge in [-0.3, -0.25) is 0 Å². The van der Waals surface area contributed by atoms with Gasteiger partial charge in [-0.1, -0.05) is 19.1 Å². The third-order valence-electron chi connectivity index (χ3n) is 2.43. The number of benzene rings is 1. The van der Waals surface area contributed by atoms with E-state index in [2.05, 4.69) is 34.3 Å². The molecule has 1 heterocycles. The lowest BCUT2D eigenvalue weighted by molar-refractivity contribution is 1.07. The van der Waals surface area contributed by atoms with Gasteiger partial charge in [0.05, 0.1) is 0 Å². The molecule has 2 aromatic rings. The van der Waals surface area contributed by atoms with Crippen LogP contribution in [0.15, 0.2) is 30.5 Å². The molecule has 3 nitrogen and oxygen atoms in total. The van der Waals surface area contributed by atoms with E-state index in [1.807, 2.05) is 25.4 Å². The number of aromatic nitrogens is 2. The van der Waals surface area contributed by atoms with Gasteiger partial charge in [0.1, 0.15) is 5.82 Å². The summed E-state index contributed by atoms with van der Waals surface area (Å²) in [6.45, 7) is 2.11. The maximum atomic E-state index is 4.35. The van der Waals surface area contributed by atoms with Crippen LogP contribution in [0.1, 0.15) is 12.6 Å². The van der Waals surface area contributed by atoms with Crippen LogP contribution >= 0.6 is 0 Å². The highest BCUT2D eigenvalue weighted by atomic mass is 14.9. The highest BCUT2D eigenvalue weighted by Gasteiger charge is 2.02. The summed E-state index contributed by atoms with van der Waals surface area (Å²) in [4.78, 5) is 7.64. The Bertz CT molecular complexity index is 446. The van der Waals surface area contributed by atoms with E-state index in [0.29, 0.717) is 0 Å². The highest BCUT2D eigenvalue weighted by molar-refractivity contribution is 5.62. The topological polar surface area (TPSA) is 40.7 Å². The zero-order valence-electron chi connectivity index (χ0n) is 9.04. The Morgan fingerprint density at radius 1 is 1.40 bits per heavy atom. The van der Waals surface area contributed by atoms with Gasteiger partial charge in [0.15, 0.2) is 0 Å². The van der Waals surface area contributed by atoms with Crippen molar-refractivity contribution < 1.29 is 0 Å². The van der Waals surface area contributed by atoms with Crippen LogP contribution in [0.25, 0.3) is 11.4 Å². The fourth-order valence-corrected chi connectivity index (χ4v) is 1.51. The SMILES string of the molecule is CCc1cnc(-c2cccc(NC)c2)[nH]1. The van der Waals surface area contributed by atoms with E-state index in [-0.39, 0.29) is 0 Å². The maximum absolute atomic E-state index is 4.35. The Morgan fingerprint density at radius 2 is 2.27 bits per heavy atom. The van der Waals surface area contributed by atoms with Crippen molar-refractivity contribution in [3.05, 3.63) is 36.2 Å². The molecule has 0 aliphatic carbocycles. The molecule has 2 rings (SSSR count). The van der Waals surface area contributed by atoms with Crippen molar-refractivity contribution in [1.29, 1.82) is 0 Å². The van der Waals surface area contributed by atoms with Crippen LogP contribution < -0.4 is 5.32 Å². The molecule has 0 fully saturated rings. The lowest BCUT2D eigenvalue weighted by Gasteiger charge is -2.01. The quantitative estimate of drug-likeness (QED) is 0.801. The number of anilines is 1. The van der Waals surface area contributed by atoms with Gasteiger partial charge >= 0.3 is 0 Å². The van der Waals surface area contributed by atoms with Crippen LogP contribution in [0.2, 0.25) is 0 Å². The van der Waals surface area contributed by atoms with Gasteiger partial charge in [0.2, 0.25) is 0 Å². The van der Waals surface area contributed by atoms with E-state index in [1.165, 1.54) is 5.69 Å². The number of aromatic amines is 1. The first-order valence-corrected chi connectivity index (χ1v) is 5.15. The Kier molecular flexibility index (Phi) is 2.72. The zero-order valence-corrected chi connectivity index (χ0v) is 9.04. The minimum absolute atomic E-state index is 0.934. The first-order valence-electron chi connectivity index (χ1n) is 5.15. The molecule has 2 N–H and O–H groups in total. The Labute approximate surface area is 89.6 Å². The van der Waals surface area contributed by atoms with Crippen molar-refractivity contribution in [3.8, 4) is 11.4 Å². The number of nitrogens with one attached hydrogen (secondary N) is 2. The van der Waals surface area contributed by atoms with Crippen molar-refractivity contribution in [3.63, 3.8) is 0 Å². The summed E-state index contributed by atoms with van der Waals surface area (Å²) < 4.78 is 0. The van der Waals surface area contributed by atoms with Crippen LogP contribution in [0.5, 0.6) is 0 Å². The number of hydrogen-bond donors (Lipinski definition) is 2. The van der Waals surface area contributed by atoms with Crippen LogP contribution in [-0.4, -0.2) is 17.0 Å². The summed E-state index contributed by atoms with van der Waals surface area (Å²) in [5, 5.41) is 3.12. The van der Waals surface area contributed by atoms with Crippen LogP contribution in [0, 0.1) is 0 Å². The second kappa shape index (κ2) is 4.17. The minimum Gasteiger partial charge on any atom is -0.388 e. The fraction of sp³-hybridized carbons (Fsp3) is 0.250. The summed E-state index contributed by atoms with van der Waals surface area (Å²) in [5.74, 6) is 0.934. The summed E-state index contributed by atoms with van der Waals surface area (Å²) in [6, 6.07) is 8.19. The molecule has 0 saturated carbocycles. The van der Waals surface area contributed by atoms with E-state index >= 15 is 0 Å². The van der Waals surface area contributed by atoms with E-state index in [0.717, 1.165) is 23.5 Å². The van der Waals surface area contributed by atoms with Gasteiger partial charge in [0, 0.05) is 30.2 Å². The van der Waals surface area contributed by atoms with Crippen molar-refractivity contribution in [2.45, 2.75) is 13.3 Å². The molecular weight excluding hydrogens is 186 g/mol. The Hall–Kier alpha value is -1.77. The van der Waals surface area contributed by atoms with Crippen LogP contribution in [-0.2, 0) is 6.42 Å². The van der Waals surface area contributed by atoms with Crippen molar-refractivity contribution in [1.82, 2.24) is 9.97 Å². The average molecular weight is 201 g/mol. The molecule has 0 amide bonds. The molecule has 0 unspecified atom stereocenters. The molecule has 0 spiro atoms. The lowest BCUT2D eigenvalue weighted by atomic mass is 10.2. The van der Waals surface area contributed by atoms with Crippen molar-refractivity contribution in [2.75, 3.05) is 12.4 Å². The molecule has 0 saturated heterocycles. The third kappa shape index (κ3) is 2.01. The number of hydrogen-bond acceptors (Lipinski definition) is 2. The predicted octanol–water partition coefficient (Wildman–Crippen LogP) is 2.68. The number of imidazole rings is 1. The van der Waals surface area contributed by atoms with Crippen LogP contribution in [0.4, 0.5) is 5.69 Å². The molecule has 0 atom stereocenters. The van der Waals surface area contributed by atoms with Gasteiger partial charge in [-0.2, -0.15) is 0 Å². The largest absolute Gasteiger partial charge is 0.388 e. The standard InChI is InChI=1S/C12H15N3/c1-3-10-8-14-12(15-10)9-5-4-6-11(7-9)13-2/h4-8,13H,3H2,1-2H3,(H,14,15). The molecule has 0 aliphatic heterocycles.